The SMILES string of the molecule is C[C@@H]1CC([C@H](O)C(C)(C)O)OC2C[C@@]3(C)[C@@H]4CCC5C(C)(C)[C@@H](OC6CN([C@H]7CCNC7=O)CCO6)CC[C@@]56C[C@@]46CC[C@]3(C)C21. The number of fused-ring (bicyclic) bond motifs is 4. The van der Waals surface area contributed by atoms with E-state index in [0.717, 1.165) is 44.7 Å². The predicted molar refractivity (Wildman–Crippen MR) is 175 cm³/mol. The molecule has 3 heterocycles. The molecule has 8 aliphatic rings. The summed E-state index contributed by atoms with van der Waals surface area (Å²) in [5.74, 6) is 2.52. The van der Waals surface area contributed by atoms with Gasteiger partial charge in [0.25, 0.3) is 0 Å². The Kier molecular flexibility index (Phi) is 7.32. The number of carbonyl (C=O) groups excluding carboxylic acids is 1. The van der Waals surface area contributed by atoms with Crippen LogP contribution in [0.1, 0.15) is 113 Å². The quantitative estimate of drug-likeness (QED) is 0.393. The number of hydrogen-bond donors (Lipinski definition) is 3. The molecule has 0 aromatic heterocycles. The molecule has 0 radical (unpaired) electrons. The number of nitrogens with zero attached hydrogens (tertiary/aromatic N) is 1. The van der Waals surface area contributed by atoms with E-state index in [4.69, 9.17) is 14.2 Å². The van der Waals surface area contributed by atoms with Gasteiger partial charge in [0.1, 0.15) is 6.10 Å². The molecule has 3 N–H and O–H groups in total. The maximum atomic E-state index is 12.4. The molecule has 3 saturated heterocycles. The number of carbonyl (C=O) groups is 1. The minimum absolute atomic E-state index is 0.0390. The molecule has 0 aromatic rings. The number of rotatable bonds is 5. The number of ether oxygens (including phenoxy) is 3. The van der Waals surface area contributed by atoms with Gasteiger partial charge in [0.15, 0.2) is 6.29 Å². The van der Waals surface area contributed by atoms with Gasteiger partial charge < -0.3 is 29.7 Å². The standard InChI is InChI=1S/C38H62N2O6/c1-22-18-24(31(41)34(4,5)43)45-25-19-36(7)27-9-8-26-33(2,3)28(46-29-20-40(16-17-44-29)23-11-15-39-32(23)42)10-12-37(26)21-38(27,37)14-13-35(36,6)30(22)25/h22-31,41,43H,8-21H2,1-7H3,(H,39,42)/t22-,23+,24?,25?,26?,27+,28+,29?,30?,31+,35-,36+,37-,38+/m1/s1. The summed E-state index contributed by atoms with van der Waals surface area (Å²) in [4.78, 5) is 14.7. The molecule has 2 spiro atoms. The second-order valence-electron chi connectivity index (χ2n) is 19.1. The molecular formula is C38H62N2O6. The number of nitrogens with one attached hydrogen (secondary N) is 1. The highest BCUT2D eigenvalue weighted by Gasteiger charge is 2.83. The number of hydrogen-bond acceptors (Lipinski definition) is 7. The monoisotopic (exact) mass is 642 g/mol. The maximum absolute atomic E-state index is 12.4. The molecule has 8 nitrogen and oxygen atoms in total. The fourth-order valence-corrected chi connectivity index (χ4v) is 14.3. The molecule has 8 fully saturated rings. The largest absolute Gasteiger partial charge is 0.388 e. The van der Waals surface area contributed by atoms with Crippen LogP contribution in [0.3, 0.4) is 0 Å². The van der Waals surface area contributed by atoms with Crippen LogP contribution in [0, 0.1) is 50.7 Å². The summed E-state index contributed by atoms with van der Waals surface area (Å²) in [5.41, 5.74) is 0.232. The maximum Gasteiger partial charge on any atom is 0.237 e. The molecule has 260 valence electrons. The summed E-state index contributed by atoms with van der Waals surface area (Å²) in [6, 6.07) is -0.0390. The minimum Gasteiger partial charge on any atom is -0.388 e. The van der Waals surface area contributed by atoms with Gasteiger partial charge in [0, 0.05) is 13.1 Å². The van der Waals surface area contributed by atoms with Gasteiger partial charge in [-0.3, -0.25) is 9.69 Å². The van der Waals surface area contributed by atoms with Gasteiger partial charge in [-0.2, -0.15) is 0 Å². The fourth-order valence-electron chi connectivity index (χ4n) is 14.3. The van der Waals surface area contributed by atoms with Gasteiger partial charge in [-0.15, -0.1) is 0 Å². The summed E-state index contributed by atoms with van der Waals surface area (Å²) in [6.07, 6.45) is 10.6. The van der Waals surface area contributed by atoms with Gasteiger partial charge in [-0.25, -0.2) is 0 Å². The van der Waals surface area contributed by atoms with E-state index in [-0.39, 0.29) is 52.8 Å². The summed E-state index contributed by atoms with van der Waals surface area (Å²) in [5, 5.41) is 24.7. The van der Waals surface area contributed by atoms with E-state index < -0.39 is 11.7 Å². The highest BCUT2D eigenvalue weighted by Crippen LogP contribution is 2.89. The normalized spacial score (nSPS) is 53.7. The fraction of sp³-hybridized carbons (Fsp3) is 0.974. The van der Waals surface area contributed by atoms with Crippen LogP contribution in [-0.2, 0) is 19.0 Å². The van der Waals surface area contributed by atoms with Crippen molar-refractivity contribution in [2.24, 2.45) is 50.7 Å². The Morgan fingerprint density at radius 3 is 2.48 bits per heavy atom. The molecule has 5 aliphatic carbocycles. The van der Waals surface area contributed by atoms with E-state index in [1.54, 1.807) is 13.8 Å². The predicted octanol–water partition coefficient (Wildman–Crippen LogP) is 4.89. The third kappa shape index (κ3) is 4.28. The van der Waals surface area contributed by atoms with Crippen molar-refractivity contribution in [1.82, 2.24) is 10.2 Å². The topological polar surface area (TPSA) is 100 Å². The Morgan fingerprint density at radius 1 is 1.02 bits per heavy atom. The van der Waals surface area contributed by atoms with Gasteiger partial charge in [0.05, 0.1) is 43.1 Å². The Labute approximate surface area is 277 Å². The Morgan fingerprint density at radius 2 is 1.76 bits per heavy atom. The average Bonchev–Trinajstić information content (AvgIpc) is 3.33. The molecule has 14 atom stereocenters. The summed E-state index contributed by atoms with van der Waals surface area (Å²) in [6.45, 7) is 18.9. The van der Waals surface area contributed by atoms with Crippen LogP contribution in [0.15, 0.2) is 0 Å². The van der Waals surface area contributed by atoms with E-state index in [0.29, 0.717) is 41.7 Å². The molecule has 46 heavy (non-hydrogen) atoms. The number of amides is 1. The van der Waals surface area contributed by atoms with Crippen molar-refractivity contribution < 1.29 is 29.2 Å². The van der Waals surface area contributed by atoms with E-state index in [9.17, 15) is 15.0 Å². The highest BCUT2D eigenvalue weighted by molar-refractivity contribution is 5.83. The number of aliphatic hydroxyl groups excluding tert-OH is 1. The lowest BCUT2D eigenvalue weighted by Crippen LogP contribution is -2.59. The Bertz CT molecular complexity index is 1240. The molecule has 0 aromatic carbocycles. The van der Waals surface area contributed by atoms with Crippen molar-refractivity contribution in [1.29, 1.82) is 0 Å². The van der Waals surface area contributed by atoms with Crippen LogP contribution in [0.5, 0.6) is 0 Å². The zero-order valence-electron chi connectivity index (χ0n) is 29.6. The van der Waals surface area contributed by atoms with Gasteiger partial charge in [-0.05, 0) is 129 Å². The van der Waals surface area contributed by atoms with E-state index in [1.165, 1.54) is 38.5 Å². The molecule has 8 heteroatoms. The number of morpholine rings is 1. The van der Waals surface area contributed by atoms with E-state index in [1.807, 2.05) is 0 Å². The first kappa shape index (κ1) is 32.4. The van der Waals surface area contributed by atoms with Crippen LogP contribution in [0.25, 0.3) is 0 Å². The van der Waals surface area contributed by atoms with Gasteiger partial charge in [-0.1, -0.05) is 34.6 Å². The number of aliphatic hydroxyl groups is 2. The Hall–Kier alpha value is -0.770. The van der Waals surface area contributed by atoms with Crippen LogP contribution in [-0.4, -0.2) is 89.6 Å². The van der Waals surface area contributed by atoms with Crippen molar-refractivity contribution in [3.63, 3.8) is 0 Å². The van der Waals surface area contributed by atoms with Gasteiger partial charge in [0.2, 0.25) is 5.91 Å². The smallest absolute Gasteiger partial charge is 0.237 e. The lowest BCUT2D eigenvalue weighted by molar-refractivity contribution is -0.249. The third-order valence-corrected chi connectivity index (χ3v) is 16.6. The zero-order chi connectivity index (χ0) is 32.7. The molecular weight excluding hydrogens is 580 g/mol. The second-order valence-corrected chi connectivity index (χ2v) is 19.1. The van der Waals surface area contributed by atoms with Crippen LogP contribution >= 0.6 is 0 Å². The molecule has 5 saturated carbocycles. The first-order valence-corrected chi connectivity index (χ1v) is 18.9. The van der Waals surface area contributed by atoms with Crippen LogP contribution in [0.4, 0.5) is 0 Å². The summed E-state index contributed by atoms with van der Waals surface area (Å²) < 4.78 is 19.9. The Balaban J connectivity index is 0.996. The average molecular weight is 643 g/mol. The molecule has 5 unspecified atom stereocenters. The molecule has 3 aliphatic heterocycles. The van der Waals surface area contributed by atoms with Crippen LogP contribution in [0.2, 0.25) is 0 Å². The van der Waals surface area contributed by atoms with E-state index >= 15 is 0 Å². The minimum atomic E-state index is -1.16. The first-order chi connectivity index (χ1) is 21.6. The molecule has 0 bridgehead atoms. The highest BCUT2D eigenvalue weighted by atomic mass is 16.7. The van der Waals surface area contributed by atoms with E-state index in [2.05, 4.69) is 44.8 Å². The van der Waals surface area contributed by atoms with Crippen LogP contribution < -0.4 is 5.32 Å². The lowest BCUT2D eigenvalue weighted by atomic mass is 9.41. The van der Waals surface area contributed by atoms with Gasteiger partial charge >= 0.3 is 0 Å². The molecule has 1 amide bonds. The van der Waals surface area contributed by atoms with Crippen molar-refractivity contribution in [2.45, 2.75) is 155 Å². The van der Waals surface area contributed by atoms with Crippen molar-refractivity contribution >= 4 is 5.91 Å². The summed E-state index contributed by atoms with van der Waals surface area (Å²) >= 11 is 0. The molecule has 8 rings (SSSR count). The van der Waals surface area contributed by atoms with Crippen molar-refractivity contribution in [3.8, 4) is 0 Å². The third-order valence-electron chi connectivity index (χ3n) is 16.6. The van der Waals surface area contributed by atoms with Crippen molar-refractivity contribution in [2.75, 3.05) is 26.2 Å². The van der Waals surface area contributed by atoms with Crippen molar-refractivity contribution in [3.05, 3.63) is 0 Å². The first-order valence-electron chi connectivity index (χ1n) is 18.9. The lowest BCUT2D eigenvalue weighted by Gasteiger charge is -2.63. The zero-order valence-corrected chi connectivity index (χ0v) is 29.6. The second kappa shape index (κ2) is 10.4. The summed E-state index contributed by atoms with van der Waals surface area (Å²) in [7, 11) is 0.